The van der Waals surface area contributed by atoms with Gasteiger partial charge in [-0.3, -0.25) is 14.6 Å². The molecule has 0 aromatic heterocycles. The molecule has 0 bridgehead atoms. The maximum Gasteiger partial charge on any atom is 0.225 e. The first kappa shape index (κ1) is 16.5. The zero-order valence-corrected chi connectivity index (χ0v) is 11.7. The van der Waals surface area contributed by atoms with Gasteiger partial charge in [-0.2, -0.15) is 0 Å². The molecule has 0 spiro atoms. The first-order valence-electron chi connectivity index (χ1n) is 5.52. The molecule has 1 unspecified atom stereocenters. The summed E-state index contributed by atoms with van der Waals surface area (Å²) in [4.78, 5) is 24.8. The van der Waals surface area contributed by atoms with Crippen molar-refractivity contribution in [1.82, 2.24) is 9.62 Å². The predicted molar refractivity (Wildman–Crippen MR) is 74.2 cm³/mol. The molecule has 1 atom stereocenters. The van der Waals surface area contributed by atoms with Gasteiger partial charge in [0, 0.05) is 7.05 Å². The number of amides is 2. The SMILES string of the molecule is CN=C(NC=O)/C(F)=C\N(C=O)S(=O)c1ccc(O)cc1. The number of phenols is 1. The molecular weight excluding hydrogens is 301 g/mol. The van der Waals surface area contributed by atoms with Gasteiger partial charge >= 0.3 is 0 Å². The van der Waals surface area contributed by atoms with Crippen molar-refractivity contribution in [3.8, 4) is 5.75 Å². The Morgan fingerprint density at radius 1 is 1.38 bits per heavy atom. The minimum atomic E-state index is -2.01. The van der Waals surface area contributed by atoms with Crippen LogP contribution in [0.3, 0.4) is 0 Å². The van der Waals surface area contributed by atoms with Crippen molar-refractivity contribution in [2.24, 2.45) is 4.99 Å². The minimum absolute atomic E-state index is 0.0364. The number of hydrogen-bond donors (Lipinski definition) is 2. The molecule has 0 saturated carbocycles. The Balaban J connectivity index is 3.02. The Morgan fingerprint density at radius 2 is 2.00 bits per heavy atom. The summed E-state index contributed by atoms with van der Waals surface area (Å²) in [6.45, 7) is 0. The first-order valence-corrected chi connectivity index (χ1v) is 6.63. The molecule has 1 aromatic rings. The van der Waals surface area contributed by atoms with Crippen LogP contribution in [0.5, 0.6) is 5.75 Å². The number of carbonyl (C=O) groups is 2. The van der Waals surface area contributed by atoms with E-state index >= 15 is 0 Å². The Hall–Kier alpha value is -2.55. The number of nitrogens with zero attached hydrogens (tertiary/aromatic N) is 2. The fraction of sp³-hybridized carbons (Fsp3) is 0.0833. The van der Waals surface area contributed by atoms with Crippen molar-refractivity contribution in [2.75, 3.05) is 7.05 Å². The van der Waals surface area contributed by atoms with Gasteiger partial charge in [0.1, 0.15) is 5.75 Å². The lowest BCUT2D eigenvalue weighted by molar-refractivity contribution is -0.112. The number of aliphatic imine (C=N–C) groups is 1. The highest BCUT2D eigenvalue weighted by atomic mass is 32.2. The number of hydrogen-bond acceptors (Lipinski definition) is 5. The second-order valence-corrected chi connectivity index (χ2v) is 4.91. The van der Waals surface area contributed by atoms with Crippen LogP contribution >= 0.6 is 0 Å². The smallest absolute Gasteiger partial charge is 0.225 e. The molecule has 0 aliphatic heterocycles. The minimum Gasteiger partial charge on any atom is -0.508 e. The van der Waals surface area contributed by atoms with E-state index in [1.165, 1.54) is 31.3 Å². The van der Waals surface area contributed by atoms with Gasteiger partial charge in [0.15, 0.2) is 22.6 Å². The molecular formula is C12H12FN3O4S. The van der Waals surface area contributed by atoms with Gasteiger partial charge in [-0.15, -0.1) is 0 Å². The third kappa shape index (κ3) is 4.49. The quantitative estimate of drug-likeness (QED) is 0.453. The number of nitrogens with one attached hydrogen (secondary N) is 1. The molecule has 0 heterocycles. The Kier molecular flexibility index (Phi) is 6.21. The van der Waals surface area contributed by atoms with Gasteiger partial charge in [0.2, 0.25) is 12.8 Å². The van der Waals surface area contributed by atoms with E-state index < -0.39 is 22.6 Å². The number of halogens is 1. The monoisotopic (exact) mass is 313 g/mol. The second kappa shape index (κ2) is 7.90. The third-order valence-corrected chi connectivity index (χ3v) is 3.47. The van der Waals surface area contributed by atoms with Crippen molar-refractivity contribution in [2.45, 2.75) is 4.90 Å². The number of phenolic OH excluding ortho intramolecular Hbond substituents is 1. The normalized spacial score (nSPS) is 13.4. The van der Waals surface area contributed by atoms with Crippen molar-refractivity contribution in [1.29, 1.82) is 0 Å². The first-order chi connectivity index (χ1) is 10.0. The summed E-state index contributed by atoms with van der Waals surface area (Å²) in [6.07, 6.45) is 1.03. The van der Waals surface area contributed by atoms with Gasteiger partial charge in [-0.1, -0.05) is 0 Å². The zero-order chi connectivity index (χ0) is 15.8. The molecule has 0 fully saturated rings. The molecule has 7 nitrogen and oxygen atoms in total. The lowest BCUT2D eigenvalue weighted by Crippen LogP contribution is -2.25. The largest absolute Gasteiger partial charge is 0.508 e. The van der Waals surface area contributed by atoms with E-state index in [1.54, 1.807) is 0 Å². The van der Waals surface area contributed by atoms with Gasteiger partial charge < -0.3 is 10.4 Å². The van der Waals surface area contributed by atoms with E-state index in [1.807, 2.05) is 5.32 Å². The summed E-state index contributed by atoms with van der Waals surface area (Å²) in [5.41, 5.74) is 0. The van der Waals surface area contributed by atoms with Gasteiger partial charge in [-0.05, 0) is 24.3 Å². The van der Waals surface area contributed by atoms with Gasteiger partial charge in [0.25, 0.3) is 0 Å². The molecule has 1 aromatic carbocycles. The lowest BCUT2D eigenvalue weighted by atomic mass is 10.3. The maximum absolute atomic E-state index is 13.8. The summed E-state index contributed by atoms with van der Waals surface area (Å²) in [6, 6.07) is 5.21. The maximum atomic E-state index is 13.8. The zero-order valence-electron chi connectivity index (χ0n) is 10.9. The van der Waals surface area contributed by atoms with Crippen molar-refractivity contribution in [3.05, 3.63) is 36.3 Å². The number of rotatable bonds is 6. The standard InChI is InChI=1S/C12H12FN3O4S/c1-14-12(15-7-17)11(13)6-16(8-18)21(20)10-4-2-9(19)3-5-10/h2-8,19H,1H3,(H,14,15,17)/b11-6+. The molecule has 2 amide bonds. The van der Waals surface area contributed by atoms with Crippen molar-refractivity contribution >= 4 is 29.6 Å². The fourth-order valence-electron chi connectivity index (χ4n) is 1.27. The molecule has 0 aliphatic carbocycles. The van der Waals surface area contributed by atoms with Crippen LogP contribution in [0.1, 0.15) is 0 Å². The predicted octanol–water partition coefficient (Wildman–Crippen LogP) is 0.458. The molecule has 0 saturated heterocycles. The van der Waals surface area contributed by atoms with Crippen LogP contribution in [0, 0.1) is 0 Å². The van der Waals surface area contributed by atoms with Crippen LogP contribution in [0.2, 0.25) is 0 Å². The van der Waals surface area contributed by atoms with E-state index in [9.17, 15) is 18.2 Å². The molecule has 2 N–H and O–H groups in total. The van der Waals surface area contributed by atoms with Crippen LogP contribution in [0.4, 0.5) is 4.39 Å². The summed E-state index contributed by atoms with van der Waals surface area (Å²) >= 11 is 0. The van der Waals surface area contributed by atoms with Crippen LogP contribution in [-0.4, -0.2) is 39.3 Å². The number of amidine groups is 1. The average Bonchev–Trinajstić information content (AvgIpc) is 2.50. The highest BCUT2D eigenvalue weighted by Crippen LogP contribution is 2.16. The molecule has 21 heavy (non-hydrogen) atoms. The fourth-order valence-corrected chi connectivity index (χ4v) is 2.15. The Morgan fingerprint density at radius 3 is 2.48 bits per heavy atom. The molecule has 9 heteroatoms. The molecule has 0 aliphatic rings. The summed E-state index contributed by atoms with van der Waals surface area (Å²) in [7, 11) is -0.768. The summed E-state index contributed by atoms with van der Waals surface area (Å²) in [5, 5.41) is 11.1. The highest BCUT2D eigenvalue weighted by molar-refractivity contribution is 7.83. The third-order valence-electron chi connectivity index (χ3n) is 2.22. The number of carbonyl (C=O) groups excluding carboxylic acids is 2. The Bertz CT molecular complexity index is 601. The van der Waals surface area contributed by atoms with E-state index in [-0.39, 0.29) is 23.5 Å². The second-order valence-electron chi connectivity index (χ2n) is 3.52. The number of aromatic hydroxyl groups is 1. The summed E-state index contributed by atoms with van der Waals surface area (Å²) in [5.74, 6) is -1.48. The van der Waals surface area contributed by atoms with Crippen LogP contribution < -0.4 is 5.32 Å². The molecule has 0 radical (unpaired) electrons. The van der Waals surface area contributed by atoms with Crippen LogP contribution in [0.25, 0.3) is 0 Å². The highest BCUT2D eigenvalue weighted by Gasteiger charge is 2.14. The summed E-state index contributed by atoms with van der Waals surface area (Å²) < 4.78 is 26.4. The van der Waals surface area contributed by atoms with E-state index in [0.29, 0.717) is 10.5 Å². The van der Waals surface area contributed by atoms with Crippen LogP contribution in [0.15, 0.2) is 46.2 Å². The molecule has 112 valence electrons. The topological polar surface area (TPSA) is 99.1 Å². The lowest BCUT2D eigenvalue weighted by Gasteiger charge is -2.12. The van der Waals surface area contributed by atoms with Crippen molar-refractivity contribution < 1.29 is 23.3 Å². The average molecular weight is 313 g/mol. The van der Waals surface area contributed by atoms with E-state index in [2.05, 4.69) is 4.99 Å². The van der Waals surface area contributed by atoms with Gasteiger partial charge in [-0.25, -0.2) is 12.9 Å². The van der Waals surface area contributed by atoms with Crippen LogP contribution in [-0.2, 0) is 20.6 Å². The van der Waals surface area contributed by atoms with E-state index in [4.69, 9.17) is 5.11 Å². The molecule has 1 rings (SSSR count). The Labute approximate surface area is 122 Å². The number of benzene rings is 1. The van der Waals surface area contributed by atoms with Crippen molar-refractivity contribution in [3.63, 3.8) is 0 Å². The van der Waals surface area contributed by atoms with Gasteiger partial charge in [0.05, 0.1) is 11.1 Å². The van der Waals surface area contributed by atoms with E-state index in [0.717, 1.165) is 0 Å².